The van der Waals surface area contributed by atoms with Gasteiger partial charge in [0.1, 0.15) is 6.04 Å². The monoisotopic (exact) mass is 310 g/mol. The van der Waals surface area contributed by atoms with Crippen LogP contribution in [-0.2, 0) is 9.53 Å². The number of piperidine rings is 1. The summed E-state index contributed by atoms with van der Waals surface area (Å²) in [6.07, 6.45) is 2.35. The van der Waals surface area contributed by atoms with E-state index in [0.29, 0.717) is 30.3 Å². The molecule has 2 N–H and O–H groups in total. The van der Waals surface area contributed by atoms with Crippen molar-refractivity contribution in [1.82, 2.24) is 4.90 Å². The lowest BCUT2D eigenvalue weighted by molar-refractivity contribution is -0.149. The van der Waals surface area contributed by atoms with Crippen molar-refractivity contribution in [2.24, 2.45) is 0 Å². The van der Waals surface area contributed by atoms with Gasteiger partial charge in [0.25, 0.3) is 5.91 Å². The second kappa shape index (κ2) is 6.80. The summed E-state index contributed by atoms with van der Waals surface area (Å²) in [4.78, 5) is 26.3. The molecule has 1 saturated heterocycles. The normalized spacial score (nSPS) is 18.4. The van der Waals surface area contributed by atoms with Gasteiger partial charge in [-0.25, -0.2) is 4.79 Å². The van der Waals surface area contributed by atoms with E-state index >= 15 is 0 Å². The van der Waals surface area contributed by atoms with Crippen LogP contribution in [0.4, 0.5) is 5.69 Å². The summed E-state index contributed by atoms with van der Waals surface area (Å²) in [5, 5.41) is 0.299. The number of amides is 1. The van der Waals surface area contributed by atoms with Crippen molar-refractivity contribution in [2.75, 3.05) is 18.9 Å². The topological polar surface area (TPSA) is 72.6 Å². The minimum absolute atomic E-state index is 0.260. The number of carbonyl (C=O) groups excluding carboxylic acids is 2. The molecular weight excluding hydrogens is 292 g/mol. The van der Waals surface area contributed by atoms with Crippen LogP contribution in [0.2, 0.25) is 5.02 Å². The Labute approximate surface area is 129 Å². The molecule has 5 nitrogen and oxygen atoms in total. The predicted molar refractivity (Wildman–Crippen MR) is 81.2 cm³/mol. The second-order valence-electron chi connectivity index (χ2n) is 4.97. The van der Waals surface area contributed by atoms with Crippen molar-refractivity contribution in [2.45, 2.75) is 32.2 Å². The van der Waals surface area contributed by atoms with E-state index in [-0.39, 0.29) is 17.4 Å². The van der Waals surface area contributed by atoms with Crippen LogP contribution in [-0.4, -0.2) is 36.0 Å². The number of nitrogens with zero attached hydrogens (tertiary/aromatic N) is 1. The Morgan fingerprint density at radius 3 is 2.86 bits per heavy atom. The molecule has 1 fully saturated rings. The molecule has 1 aromatic rings. The highest BCUT2D eigenvalue weighted by molar-refractivity contribution is 6.34. The Morgan fingerprint density at radius 2 is 2.19 bits per heavy atom. The molecule has 0 radical (unpaired) electrons. The fourth-order valence-electron chi connectivity index (χ4n) is 2.57. The van der Waals surface area contributed by atoms with Gasteiger partial charge >= 0.3 is 5.97 Å². The maximum atomic E-state index is 12.7. The highest BCUT2D eigenvalue weighted by Crippen LogP contribution is 2.27. The van der Waals surface area contributed by atoms with Crippen molar-refractivity contribution < 1.29 is 14.3 Å². The summed E-state index contributed by atoms with van der Waals surface area (Å²) < 4.78 is 5.06. The van der Waals surface area contributed by atoms with E-state index in [1.165, 1.54) is 4.90 Å². The van der Waals surface area contributed by atoms with E-state index in [2.05, 4.69) is 0 Å². The molecule has 0 aliphatic carbocycles. The van der Waals surface area contributed by atoms with Gasteiger partial charge in [0, 0.05) is 12.2 Å². The summed E-state index contributed by atoms with van der Waals surface area (Å²) in [5.74, 6) is -0.674. The average molecular weight is 311 g/mol. The molecule has 0 aromatic heterocycles. The van der Waals surface area contributed by atoms with Crippen LogP contribution in [0.25, 0.3) is 0 Å². The summed E-state index contributed by atoms with van der Waals surface area (Å²) in [6.45, 7) is 2.55. The average Bonchev–Trinajstić information content (AvgIpc) is 2.47. The molecule has 1 aliphatic rings. The van der Waals surface area contributed by atoms with Crippen LogP contribution in [0.3, 0.4) is 0 Å². The Morgan fingerprint density at radius 1 is 1.43 bits per heavy atom. The molecule has 21 heavy (non-hydrogen) atoms. The number of ether oxygens (including phenoxy) is 1. The van der Waals surface area contributed by atoms with E-state index < -0.39 is 6.04 Å². The number of likely N-dealkylation sites (tertiary alicyclic amines) is 1. The Balaban J connectivity index is 2.29. The molecule has 6 heteroatoms. The third kappa shape index (κ3) is 3.29. The standard InChI is InChI=1S/C15H19ClN2O3/c1-2-21-15(20)12-8-3-4-9-18(12)14(19)13-10(16)6-5-7-11(13)17/h5-7,12H,2-4,8-9,17H2,1H3. The lowest BCUT2D eigenvalue weighted by atomic mass is 10.0. The first-order valence-electron chi connectivity index (χ1n) is 7.07. The number of hydrogen-bond donors (Lipinski definition) is 1. The van der Waals surface area contributed by atoms with Crippen LogP contribution in [0.1, 0.15) is 36.5 Å². The van der Waals surface area contributed by atoms with E-state index in [4.69, 9.17) is 22.1 Å². The molecule has 2 rings (SSSR count). The minimum atomic E-state index is -0.554. The van der Waals surface area contributed by atoms with Crippen LogP contribution in [0.15, 0.2) is 18.2 Å². The lowest BCUT2D eigenvalue weighted by Crippen LogP contribution is -2.48. The summed E-state index contributed by atoms with van der Waals surface area (Å²) >= 11 is 6.09. The molecular formula is C15H19ClN2O3. The SMILES string of the molecule is CCOC(=O)C1CCCCN1C(=O)c1c(N)cccc1Cl. The van der Waals surface area contributed by atoms with E-state index in [0.717, 1.165) is 12.8 Å². The second-order valence-corrected chi connectivity index (χ2v) is 5.37. The molecule has 1 unspecified atom stereocenters. The third-order valence-corrected chi connectivity index (χ3v) is 3.90. The predicted octanol–water partition coefficient (Wildman–Crippen LogP) is 2.48. The van der Waals surface area contributed by atoms with Gasteiger partial charge in [-0.1, -0.05) is 17.7 Å². The van der Waals surface area contributed by atoms with Crippen molar-refractivity contribution in [1.29, 1.82) is 0 Å². The Bertz CT molecular complexity index is 527. The summed E-state index contributed by atoms with van der Waals surface area (Å²) in [7, 11) is 0. The number of anilines is 1. The third-order valence-electron chi connectivity index (χ3n) is 3.58. The molecule has 0 saturated carbocycles. The van der Waals surface area contributed by atoms with Gasteiger partial charge < -0.3 is 15.4 Å². The molecule has 0 spiro atoms. The molecule has 1 aliphatic heterocycles. The Hall–Kier alpha value is -1.75. The molecule has 0 bridgehead atoms. The van der Waals surface area contributed by atoms with Crippen molar-refractivity contribution in [3.05, 3.63) is 28.8 Å². The van der Waals surface area contributed by atoms with Crippen molar-refractivity contribution in [3.63, 3.8) is 0 Å². The largest absolute Gasteiger partial charge is 0.464 e. The number of carbonyl (C=O) groups is 2. The first-order chi connectivity index (χ1) is 10.1. The molecule has 1 atom stereocenters. The molecule has 1 heterocycles. The number of hydrogen-bond acceptors (Lipinski definition) is 4. The van der Waals surface area contributed by atoms with Gasteiger partial charge in [-0.05, 0) is 38.3 Å². The van der Waals surface area contributed by atoms with Crippen LogP contribution in [0.5, 0.6) is 0 Å². The molecule has 114 valence electrons. The van der Waals surface area contributed by atoms with Gasteiger partial charge in [-0.3, -0.25) is 4.79 Å². The number of halogens is 1. The molecule has 1 aromatic carbocycles. The zero-order chi connectivity index (χ0) is 15.4. The first-order valence-corrected chi connectivity index (χ1v) is 7.45. The fraction of sp³-hybridized carbons (Fsp3) is 0.467. The van der Waals surface area contributed by atoms with Crippen molar-refractivity contribution >= 4 is 29.2 Å². The van der Waals surface area contributed by atoms with Crippen LogP contribution >= 0.6 is 11.6 Å². The highest BCUT2D eigenvalue weighted by Gasteiger charge is 2.34. The number of benzene rings is 1. The Kier molecular flexibility index (Phi) is 5.07. The van der Waals surface area contributed by atoms with E-state index in [1.54, 1.807) is 25.1 Å². The van der Waals surface area contributed by atoms with Gasteiger partial charge in [0.05, 0.1) is 17.2 Å². The zero-order valence-electron chi connectivity index (χ0n) is 12.0. The van der Waals surface area contributed by atoms with Crippen molar-refractivity contribution in [3.8, 4) is 0 Å². The maximum absolute atomic E-state index is 12.7. The van der Waals surface area contributed by atoms with E-state index in [9.17, 15) is 9.59 Å². The zero-order valence-corrected chi connectivity index (χ0v) is 12.7. The van der Waals surface area contributed by atoms with E-state index in [1.807, 2.05) is 0 Å². The number of esters is 1. The van der Waals surface area contributed by atoms with Gasteiger partial charge in [-0.15, -0.1) is 0 Å². The first kappa shape index (κ1) is 15.6. The maximum Gasteiger partial charge on any atom is 0.328 e. The number of rotatable bonds is 3. The van der Waals surface area contributed by atoms with Crippen LogP contribution < -0.4 is 5.73 Å². The van der Waals surface area contributed by atoms with Crippen LogP contribution in [0, 0.1) is 0 Å². The lowest BCUT2D eigenvalue weighted by Gasteiger charge is -2.34. The highest BCUT2D eigenvalue weighted by atomic mass is 35.5. The van der Waals surface area contributed by atoms with Gasteiger partial charge in [0.15, 0.2) is 0 Å². The summed E-state index contributed by atoms with van der Waals surface area (Å²) in [5.41, 5.74) is 6.44. The summed E-state index contributed by atoms with van der Waals surface area (Å²) in [6, 6.07) is 4.38. The van der Waals surface area contributed by atoms with Gasteiger partial charge in [-0.2, -0.15) is 0 Å². The van der Waals surface area contributed by atoms with Gasteiger partial charge in [0.2, 0.25) is 0 Å². The quantitative estimate of drug-likeness (QED) is 0.687. The number of nitrogens with two attached hydrogens (primary N) is 1. The fourth-order valence-corrected chi connectivity index (χ4v) is 2.83. The smallest absolute Gasteiger partial charge is 0.328 e. The number of nitrogen functional groups attached to an aromatic ring is 1. The minimum Gasteiger partial charge on any atom is -0.464 e. The molecule has 1 amide bonds.